The lowest BCUT2D eigenvalue weighted by atomic mass is 10.0. The van der Waals surface area contributed by atoms with E-state index in [-0.39, 0.29) is 5.91 Å². The van der Waals surface area contributed by atoms with Crippen molar-refractivity contribution in [1.82, 2.24) is 15.3 Å². The fourth-order valence-corrected chi connectivity index (χ4v) is 3.27. The molecule has 0 bridgehead atoms. The van der Waals surface area contributed by atoms with Gasteiger partial charge in [-0.3, -0.25) is 4.79 Å². The molecule has 4 rings (SSSR count). The average Bonchev–Trinajstić information content (AvgIpc) is 3.47. The van der Waals surface area contributed by atoms with Crippen LogP contribution in [0.1, 0.15) is 28.3 Å². The quantitative estimate of drug-likeness (QED) is 0.777. The summed E-state index contributed by atoms with van der Waals surface area (Å²) in [6.07, 6.45) is 6.08. The van der Waals surface area contributed by atoms with Crippen molar-refractivity contribution >= 4 is 5.91 Å². The third-order valence-electron chi connectivity index (χ3n) is 4.72. The van der Waals surface area contributed by atoms with Crippen LogP contribution in [0.2, 0.25) is 0 Å². The van der Waals surface area contributed by atoms with E-state index < -0.39 is 0 Å². The number of amides is 1. The van der Waals surface area contributed by atoms with Gasteiger partial charge in [0.05, 0.1) is 0 Å². The van der Waals surface area contributed by atoms with Crippen LogP contribution in [0.25, 0.3) is 11.1 Å². The van der Waals surface area contributed by atoms with Crippen molar-refractivity contribution < 1.29 is 4.79 Å². The van der Waals surface area contributed by atoms with Crippen LogP contribution in [0, 0.1) is 5.92 Å². The maximum Gasteiger partial charge on any atom is 0.251 e. The maximum atomic E-state index is 12.7. The van der Waals surface area contributed by atoms with Crippen LogP contribution in [0.15, 0.2) is 73.3 Å². The van der Waals surface area contributed by atoms with Crippen LogP contribution < -0.4 is 5.32 Å². The number of carbonyl (C=O) groups is 1. The summed E-state index contributed by atoms with van der Waals surface area (Å²) >= 11 is 0. The Morgan fingerprint density at radius 3 is 2.52 bits per heavy atom. The fourth-order valence-electron chi connectivity index (χ4n) is 3.27. The molecule has 0 saturated heterocycles. The molecule has 1 amide bonds. The Balaban J connectivity index is 1.43. The Labute approximate surface area is 147 Å². The van der Waals surface area contributed by atoms with E-state index in [9.17, 15) is 4.79 Å². The van der Waals surface area contributed by atoms with Gasteiger partial charge in [-0.2, -0.15) is 0 Å². The highest BCUT2D eigenvalue weighted by molar-refractivity contribution is 6.00. The van der Waals surface area contributed by atoms with E-state index in [1.165, 1.54) is 11.9 Å². The minimum absolute atomic E-state index is 0.0434. The zero-order chi connectivity index (χ0) is 17.1. The molecule has 124 valence electrons. The van der Waals surface area contributed by atoms with Crippen LogP contribution in [-0.2, 0) is 0 Å². The molecule has 1 aliphatic rings. The first kappa shape index (κ1) is 15.5. The first-order chi connectivity index (χ1) is 12.3. The predicted octanol–water partition coefficient (Wildman–Crippen LogP) is 3.68. The molecule has 4 heteroatoms. The van der Waals surface area contributed by atoms with E-state index >= 15 is 0 Å². The molecular formula is C21H19N3O. The Bertz CT molecular complexity index is 865. The molecule has 1 aliphatic carbocycles. The lowest BCUT2D eigenvalue weighted by molar-refractivity contribution is 0.0952. The third kappa shape index (κ3) is 3.43. The normalized spacial score (nSPS) is 18.6. The molecule has 1 saturated carbocycles. The maximum absolute atomic E-state index is 12.7. The third-order valence-corrected chi connectivity index (χ3v) is 4.72. The molecule has 25 heavy (non-hydrogen) atoms. The van der Waals surface area contributed by atoms with Crippen LogP contribution >= 0.6 is 0 Å². The molecule has 1 N–H and O–H groups in total. The van der Waals surface area contributed by atoms with Gasteiger partial charge in [-0.15, -0.1) is 0 Å². The Kier molecular flexibility index (Phi) is 4.25. The van der Waals surface area contributed by atoms with Crippen LogP contribution in [-0.4, -0.2) is 22.4 Å². The number of carbonyl (C=O) groups excluding carboxylic acids is 1. The summed E-state index contributed by atoms with van der Waals surface area (Å²) in [5.41, 5.74) is 3.73. The number of nitrogens with one attached hydrogen (secondary N) is 1. The summed E-state index contributed by atoms with van der Waals surface area (Å²) in [5, 5.41) is 3.09. The number of nitrogens with zero attached hydrogens (tertiary/aromatic N) is 2. The highest BCUT2D eigenvalue weighted by Gasteiger charge is 2.38. The molecule has 0 radical (unpaired) electrons. The predicted molar refractivity (Wildman–Crippen MR) is 97.1 cm³/mol. The Morgan fingerprint density at radius 2 is 1.72 bits per heavy atom. The molecule has 3 aromatic rings. The lowest BCUT2D eigenvalue weighted by Crippen LogP contribution is -2.26. The van der Waals surface area contributed by atoms with Crippen LogP contribution in [0.3, 0.4) is 0 Å². The summed E-state index contributed by atoms with van der Waals surface area (Å²) in [7, 11) is 0. The Hall–Kier alpha value is -3.01. The van der Waals surface area contributed by atoms with Gasteiger partial charge in [0.2, 0.25) is 0 Å². The van der Waals surface area contributed by atoms with E-state index in [0.717, 1.165) is 17.5 Å². The van der Waals surface area contributed by atoms with Crippen LogP contribution in [0.5, 0.6) is 0 Å². The van der Waals surface area contributed by atoms with Gasteiger partial charge in [-0.05, 0) is 35.4 Å². The molecule has 1 heterocycles. The molecule has 0 aliphatic heterocycles. The first-order valence-electron chi connectivity index (χ1n) is 8.50. The number of aromatic nitrogens is 2. The second-order valence-electron chi connectivity index (χ2n) is 6.40. The van der Waals surface area contributed by atoms with Gasteiger partial charge >= 0.3 is 0 Å². The second kappa shape index (κ2) is 6.85. The topological polar surface area (TPSA) is 54.9 Å². The van der Waals surface area contributed by atoms with Gasteiger partial charge in [0.25, 0.3) is 5.91 Å². The molecule has 2 atom stereocenters. The van der Waals surface area contributed by atoms with Crippen molar-refractivity contribution in [1.29, 1.82) is 0 Å². The van der Waals surface area contributed by atoms with Crippen molar-refractivity contribution in [2.45, 2.75) is 12.3 Å². The summed E-state index contributed by atoms with van der Waals surface area (Å²) in [5.74, 6) is 1.05. The molecule has 2 aromatic carbocycles. The number of rotatable bonds is 5. The van der Waals surface area contributed by atoms with E-state index in [0.29, 0.717) is 23.9 Å². The Morgan fingerprint density at radius 1 is 1.00 bits per heavy atom. The molecule has 1 fully saturated rings. The molecule has 0 spiro atoms. The van der Waals surface area contributed by atoms with Crippen molar-refractivity contribution in [2.75, 3.05) is 6.54 Å². The van der Waals surface area contributed by atoms with Crippen molar-refractivity contribution in [3.63, 3.8) is 0 Å². The lowest BCUT2D eigenvalue weighted by Gasteiger charge is -2.10. The molecule has 0 unspecified atom stereocenters. The van der Waals surface area contributed by atoms with Gasteiger partial charge in [0, 0.05) is 30.1 Å². The summed E-state index contributed by atoms with van der Waals surface area (Å²) in [6.45, 7) is 0.706. The molecule has 1 aromatic heterocycles. The SMILES string of the molecule is O=C(NC[C@H]1C[C@@H]1c1ccccc1)c1ccccc1-c1cncnc1. The summed E-state index contributed by atoms with van der Waals surface area (Å²) < 4.78 is 0. The highest BCUT2D eigenvalue weighted by Crippen LogP contribution is 2.46. The van der Waals surface area contributed by atoms with E-state index in [4.69, 9.17) is 0 Å². The van der Waals surface area contributed by atoms with Gasteiger partial charge in [0.1, 0.15) is 6.33 Å². The minimum atomic E-state index is -0.0434. The first-order valence-corrected chi connectivity index (χ1v) is 8.50. The van der Waals surface area contributed by atoms with Gasteiger partial charge in [-0.1, -0.05) is 48.5 Å². The van der Waals surface area contributed by atoms with Crippen molar-refractivity contribution in [3.05, 3.63) is 84.4 Å². The number of hydrogen-bond acceptors (Lipinski definition) is 3. The zero-order valence-electron chi connectivity index (χ0n) is 13.8. The van der Waals surface area contributed by atoms with Crippen molar-refractivity contribution in [2.24, 2.45) is 5.92 Å². The second-order valence-corrected chi connectivity index (χ2v) is 6.40. The van der Waals surface area contributed by atoms with E-state index in [2.05, 4.69) is 39.6 Å². The monoisotopic (exact) mass is 329 g/mol. The molecular weight excluding hydrogens is 310 g/mol. The summed E-state index contributed by atoms with van der Waals surface area (Å²) in [4.78, 5) is 20.8. The molecule has 4 nitrogen and oxygen atoms in total. The fraction of sp³-hybridized carbons (Fsp3) is 0.190. The number of hydrogen-bond donors (Lipinski definition) is 1. The van der Waals surface area contributed by atoms with E-state index in [1.807, 2.05) is 30.3 Å². The average molecular weight is 329 g/mol. The highest BCUT2D eigenvalue weighted by atomic mass is 16.1. The largest absolute Gasteiger partial charge is 0.352 e. The van der Waals surface area contributed by atoms with Gasteiger partial charge < -0.3 is 5.32 Å². The smallest absolute Gasteiger partial charge is 0.251 e. The summed E-state index contributed by atoms with van der Waals surface area (Å²) in [6, 6.07) is 18.1. The van der Waals surface area contributed by atoms with Gasteiger partial charge in [0.15, 0.2) is 0 Å². The standard InChI is InChI=1S/C21H19N3O/c25-21(24-13-16-10-20(16)15-6-2-1-3-7-15)19-9-5-4-8-18(19)17-11-22-14-23-12-17/h1-9,11-12,14,16,20H,10,13H2,(H,24,25)/t16-,20-/m1/s1. The van der Waals surface area contributed by atoms with Crippen molar-refractivity contribution in [3.8, 4) is 11.1 Å². The minimum Gasteiger partial charge on any atom is -0.352 e. The van der Waals surface area contributed by atoms with E-state index in [1.54, 1.807) is 12.4 Å². The van der Waals surface area contributed by atoms with Gasteiger partial charge in [-0.25, -0.2) is 9.97 Å². The number of benzene rings is 2. The van der Waals surface area contributed by atoms with Crippen LogP contribution in [0.4, 0.5) is 0 Å². The zero-order valence-corrected chi connectivity index (χ0v) is 13.8.